The van der Waals surface area contributed by atoms with Crippen molar-refractivity contribution in [2.45, 2.75) is 11.8 Å². The van der Waals surface area contributed by atoms with Crippen LogP contribution in [0.15, 0.2) is 95.5 Å². The fourth-order valence-corrected chi connectivity index (χ4v) is 5.02. The second kappa shape index (κ2) is 16.0. The van der Waals surface area contributed by atoms with E-state index in [-0.39, 0.29) is 23.0 Å². The summed E-state index contributed by atoms with van der Waals surface area (Å²) in [6, 6.07) is 22.8. The highest BCUT2D eigenvalue weighted by Crippen LogP contribution is 2.38. The Bertz CT molecular complexity index is 1790. The highest BCUT2D eigenvalue weighted by atomic mass is 32.2. The number of aryl methyl sites for hydroxylation is 1. The van der Waals surface area contributed by atoms with E-state index in [1.54, 1.807) is 79.7 Å². The summed E-state index contributed by atoms with van der Waals surface area (Å²) in [6.45, 7) is 1.75. The molecular formula is C34H32N4O8S. The molecule has 0 saturated heterocycles. The van der Waals surface area contributed by atoms with E-state index in [2.05, 4.69) is 16.0 Å². The number of benzene rings is 4. The Morgan fingerprint density at radius 2 is 1.51 bits per heavy atom. The molecule has 0 aliphatic rings. The third-order valence-electron chi connectivity index (χ3n) is 6.72. The van der Waals surface area contributed by atoms with E-state index in [4.69, 9.17) is 14.2 Å². The van der Waals surface area contributed by atoms with Gasteiger partial charge in [-0.25, -0.2) is 0 Å². The Morgan fingerprint density at radius 1 is 0.851 bits per heavy atom. The van der Waals surface area contributed by atoms with Gasteiger partial charge in [0.2, 0.25) is 11.7 Å². The molecule has 12 nitrogen and oxygen atoms in total. The van der Waals surface area contributed by atoms with E-state index in [0.29, 0.717) is 45.3 Å². The minimum Gasteiger partial charge on any atom is -0.493 e. The molecule has 0 heterocycles. The molecule has 4 rings (SSSR count). The monoisotopic (exact) mass is 656 g/mol. The Morgan fingerprint density at radius 3 is 2.11 bits per heavy atom. The van der Waals surface area contributed by atoms with Gasteiger partial charge in [-0.2, -0.15) is 0 Å². The van der Waals surface area contributed by atoms with Crippen molar-refractivity contribution in [1.82, 2.24) is 5.32 Å². The smallest absolute Gasteiger partial charge is 0.272 e. The van der Waals surface area contributed by atoms with Crippen molar-refractivity contribution in [2.24, 2.45) is 0 Å². The van der Waals surface area contributed by atoms with Crippen molar-refractivity contribution in [2.75, 3.05) is 37.7 Å². The predicted molar refractivity (Wildman–Crippen MR) is 180 cm³/mol. The van der Waals surface area contributed by atoms with Gasteiger partial charge in [-0.1, -0.05) is 24.3 Å². The van der Waals surface area contributed by atoms with E-state index in [1.165, 1.54) is 51.3 Å². The maximum Gasteiger partial charge on any atom is 0.272 e. The topological polar surface area (TPSA) is 158 Å². The normalized spacial score (nSPS) is 10.9. The molecule has 0 atom stereocenters. The second-order valence-electron chi connectivity index (χ2n) is 9.91. The number of hydrogen-bond donors (Lipinski definition) is 3. The average molecular weight is 657 g/mol. The zero-order valence-electron chi connectivity index (χ0n) is 26.0. The van der Waals surface area contributed by atoms with Gasteiger partial charge in [0.15, 0.2) is 11.5 Å². The van der Waals surface area contributed by atoms with Crippen molar-refractivity contribution >= 4 is 52.6 Å². The molecule has 0 saturated carbocycles. The zero-order valence-corrected chi connectivity index (χ0v) is 26.8. The number of nitro groups is 1. The quantitative estimate of drug-likeness (QED) is 0.0672. The minimum atomic E-state index is -0.588. The fourth-order valence-electron chi connectivity index (χ4n) is 4.32. The number of amides is 3. The first-order valence-electron chi connectivity index (χ1n) is 14.1. The first-order chi connectivity index (χ1) is 22.6. The first-order valence-corrected chi connectivity index (χ1v) is 15.1. The number of anilines is 2. The lowest BCUT2D eigenvalue weighted by atomic mass is 10.1. The van der Waals surface area contributed by atoms with Gasteiger partial charge in [0.1, 0.15) is 5.70 Å². The van der Waals surface area contributed by atoms with Crippen LogP contribution in [0, 0.1) is 17.0 Å². The van der Waals surface area contributed by atoms with Gasteiger partial charge >= 0.3 is 0 Å². The maximum atomic E-state index is 13.5. The van der Waals surface area contributed by atoms with Crippen LogP contribution in [0.25, 0.3) is 6.08 Å². The number of non-ortho nitro benzene ring substituents is 1. The lowest BCUT2D eigenvalue weighted by molar-refractivity contribution is -0.384. The van der Waals surface area contributed by atoms with E-state index in [1.807, 2.05) is 0 Å². The van der Waals surface area contributed by atoms with Crippen LogP contribution < -0.4 is 30.2 Å². The third-order valence-corrected chi connectivity index (χ3v) is 7.73. The number of rotatable bonds is 13. The second-order valence-corrected chi connectivity index (χ2v) is 11.0. The molecule has 0 unspecified atom stereocenters. The van der Waals surface area contributed by atoms with E-state index in [0.717, 1.165) is 4.90 Å². The molecule has 4 aromatic rings. The summed E-state index contributed by atoms with van der Waals surface area (Å²) in [6.07, 6.45) is 1.49. The van der Waals surface area contributed by atoms with Crippen LogP contribution in [-0.4, -0.2) is 49.7 Å². The molecule has 0 fully saturated rings. The van der Waals surface area contributed by atoms with Crippen LogP contribution in [0.2, 0.25) is 0 Å². The molecular weight excluding hydrogens is 624 g/mol. The number of carbonyl (C=O) groups excluding carboxylic acids is 3. The van der Waals surface area contributed by atoms with Gasteiger partial charge in [0.25, 0.3) is 17.5 Å². The standard InChI is InChI=1S/C34H32N4O8S/c1-21-10-13-25(38(42)43)19-27(21)36-31(39)20-47-26-14-11-24(12-15-26)35-34(41)28(37-33(40)23-8-6-5-7-9-23)16-22-17-29(44-2)32(46-4)30(18-22)45-3/h5-19H,20H2,1-4H3,(H,35,41)(H,36,39)(H,37,40)/b28-16-. The van der Waals surface area contributed by atoms with Crippen LogP contribution >= 0.6 is 11.8 Å². The molecule has 13 heteroatoms. The highest BCUT2D eigenvalue weighted by molar-refractivity contribution is 8.00. The van der Waals surface area contributed by atoms with Crippen LogP contribution in [0.3, 0.4) is 0 Å². The highest BCUT2D eigenvalue weighted by Gasteiger charge is 2.18. The van der Waals surface area contributed by atoms with Crippen LogP contribution in [0.1, 0.15) is 21.5 Å². The maximum absolute atomic E-state index is 13.5. The van der Waals surface area contributed by atoms with Gasteiger partial charge in [-0.05, 0) is 72.7 Å². The molecule has 4 aromatic carbocycles. The van der Waals surface area contributed by atoms with Crippen molar-refractivity contribution in [3.05, 3.63) is 117 Å². The van der Waals surface area contributed by atoms with Gasteiger partial charge in [-0.15, -0.1) is 11.8 Å². The summed E-state index contributed by atoms with van der Waals surface area (Å²) in [4.78, 5) is 50.4. The number of nitrogens with one attached hydrogen (secondary N) is 3. The fraction of sp³-hybridized carbons (Fsp3) is 0.147. The molecule has 3 amide bonds. The largest absolute Gasteiger partial charge is 0.493 e. The predicted octanol–water partition coefficient (Wildman–Crippen LogP) is 6.07. The molecule has 0 aliphatic heterocycles. The number of nitrogens with zero attached hydrogens (tertiary/aromatic N) is 1. The molecule has 0 bridgehead atoms. The van der Waals surface area contributed by atoms with Crippen LogP contribution in [0.4, 0.5) is 17.1 Å². The van der Waals surface area contributed by atoms with Crippen molar-refractivity contribution in [1.29, 1.82) is 0 Å². The van der Waals surface area contributed by atoms with Crippen molar-refractivity contribution in [3.8, 4) is 17.2 Å². The molecule has 0 aromatic heterocycles. The minimum absolute atomic E-state index is 0.0420. The number of methoxy groups -OCH3 is 3. The third kappa shape index (κ3) is 9.11. The Balaban J connectivity index is 1.48. The summed E-state index contributed by atoms with van der Waals surface area (Å²) in [5, 5.41) is 19.3. The molecule has 242 valence electrons. The summed E-state index contributed by atoms with van der Waals surface area (Å²) in [5.41, 5.74) is 2.23. The molecule has 47 heavy (non-hydrogen) atoms. The Hall–Kier alpha value is -5.82. The van der Waals surface area contributed by atoms with E-state index >= 15 is 0 Å². The van der Waals surface area contributed by atoms with E-state index < -0.39 is 16.7 Å². The number of nitro benzene ring substituents is 1. The van der Waals surface area contributed by atoms with Gasteiger partial charge in [0.05, 0.1) is 37.7 Å². The molecule has 0 spiro atoms. The summed E-state index contributed by atoms with van der Waals surface area (Å²) >= 11 is 1.25. The van der Waals surface area contributed by atoms with Gasteiger partial charge in [-0.3, -0.25) is 24.5 Å². The summed E-state index contributed by atoms with van der Waals surface area (Å²) < 4.78 is 16.2. The molecule has 3 N–H and O–H groups in total. The average Bonchev–Trinajstić information content (AvgIpc) is 3.08. The number of carbonyl (C=O) groups is 3. The number of thioether (sulfide) groups is 1. The van der Waals surface area contributed by atoms with Crippen LogP contribution in [0.5, 0.6) is 17.2 Å². The van der Waals surface area contributed by atoms with E-state index in [9.17, 15) is 24.5 Å². The zero-order chi connectivity index (χ0) is 33.9. The lowest BCUT2D eigenvalue weighted by Crippen LogP contribution is -2.30. The van der Waals surface area contributed by atoms with Gasteiger partial charge < -0.3 is 30.2 Å². The number of hydrogen-bond acceptors (Lipinski definition) is 9. The van der Waals surface area contributed by atoms with Crippen molar-refractivity contribution < 1.29 is 33.5 Å². The van der Waals surface area contributed by atoms with Crippen molar-refractivity contribution in [3.63, 3.8) is 0 Å². The summed E-state index contributed by atoms with van der Waals surface area (Å²) in [5.74, 6) is -0.225. The first kappa shape index (κ1) is 34.1. The van der Waals surface area contributed by atoms with Gasteiger partial charge in [0, 0.05) is 28.3 Å². The lowest BCUT2D eigenvalue weighted by Gasteiger charge is -2.15. The SMILES string of the molecule is COc1cc(/C=C(\NC(=O)c2ccccc2)C(=O)Nc2ccc(SCC(=O)Nc3cc([N+](=O)[O-])ccc3C)cc2)cc(OC)c1OC. The number of ether oxygens (including phenoxy) is 3. The molecule has 0 aliphatic carbocycles. The Kier molecular flexibility index (Phi) is 11.6. The Labute approximate surface area is 275 Å². The van der Waals surface area contributed by atoms with Crippen LogP contribution in [-0.2, 0) is 9.59 Å². The molecule has 0 radical (unpaired) electrons. The summed E-state index contributed by atoms with van der Waals surface area (Å²) in [7, 11) is 4.43.